The zero-order chi connectivity index (χ0) is 37.0. The maximum absolute atomic E-state index is 12.0. The Bertz CT molecular complexity index is 2080. The van der Waals surface area contributed by atoms with E-state index < -0.39 is 12.1 Å². The smallest absolute Gasteiger partial charge is 0.475 e. The number of carboxylic acid groups (broad SMARTS) is 1. The number of aryl methyl sites for hydroxylation is 2. The molecule has 0 spiro atoms. The molecule has 266 valence electrons. The number of hydrogen-bond acceptors (Lipinski definition) is 5. The van der Waals surface area contributed by atoms with E-state index in [-0.39, 0.29) is 11.8 Å². The van der Waals surface area contributed by atoms with Crippen molar-refractivity contribution in [2.24, 2.45) is 0 Å². The Balaban J connectivity index is 0.000000194. The summed E-state index contributed by atoms with van der Waals surface area (Å²) in [7, 11) is 0. The van der Waals surface area contributed by atoms with E-state index in [0.29, 0.717) is 35.9 Å². The van der Waals surface area contributed by atoms with Crippen molar-refractivity contribution in [2.75, 3.05) is 10.6 Å². The van der Waals surface area contributed by atoms with Gasteiger partial charge in [-0.15, -0.1) is 0 Å². The number of fused-ring (bicyclic) bond motifs is 2. The Labute approximate surface area is 296 Å². The molecular weight excluding hydrogens is 685 g/mol. The number of nitrogens with one attached hydrogen (secondary N) is 4. The predicted octanol–water partition coefficient (Wildman–Crippen LogP) is 8.95. The van der Waals surface area contributed by atoms with Gasteiger partial charge >= 0.3 is 12.1 Å². The lowest BCUT2D eigenvalue weighted by atomic mass is 10.0. The summed E-state index contributed by atoms with van der Waals surface area (Å²) in [5.74, 6) is -1.67. The van der Waals surface area contributed by atoms with E-state index in [9.17, 15) is 22.8 Å². The van der Waals surface area contributed by atoms with Gasteiger partial charge in [-0.1, -0.05) is 86.1 Å². The summed E-state index contributed by atoms with van der Waals surface area (Å²) >= 11 is 5.92. The first-order chi connectivity index (χ1) is 24.4. The summed E-state index contributed by atoms with van der Waals surface area (Å²) in [5, 5.41) is 29.4. The van der Waals surface area contributed by atoms with Gasteiger partial charge in [0.25, 0.3) is 0 Å². The van der Waals surface area contributed by atoms with E-state index in [1.54, 1.807) is 12.1 Å². The fourth-order valence-corrected chi connectivity index (χ4v) is 5.01. The number of carboxylic acids is 1. The first-order valence-corrected chi connectivity index (χ1v) is 16.4. The number of aliphatic carboxylic acids is 1. The standard InChI is InChI=1S/C19H21N3O.C16H14ClN3O.C2HF3O2/c1-3-5-18(23)20-19-16-11-10-15(12-17(16)21-22-19)14-8-6-13(4-2)7-9-14;17-12-7-8-13-14(10-12)19-20-16(13)18-15(21)9-6-11-4-2-1-3-5-11;3-2(4,5)1(6)7/h6-12H,3-5H2,1-2H3,(H2,20,21,22,23);1-5,7-8,10H,6,9H2,(H2,18,19,20,21);(H,6,7). The number of nitrogens with zero attached hydrogens (tertiary/aromatic N) is 2. The third kappa shape index (κ3) is 11.2. The maximum atomic E-state index is 12.0. The van der Waals surface area contributed by atoms with Crippen LogP contribution in [0.15, 0.2) is 91.0 Å². The number of aromatic nitrogens is 4. The summed E-state index contributed by atoms with van der Waals surface area (Å²) in [6.07, 6.45) is -1.57. The highest BCUT2D eigenvalue weighted by atomic mass is 35.5. The Morgan fingerprint density at radius 3 is 1.80 bits per heavy atom. The van der Waals surface area contributed by atoms with Crippen LogP contribution >= 0.6 is 11.6 Å². The van der Waals surface area contributed by atoms with Crippen LogP contribution in [0.4, 0.5) is 24.8 Å². The molecule has 2 amide bonds. The maximum Gasteiger partial charge on any atom is 0.490 e. The second kappa shape index (κ2) is 17.8. The van der Waals surface area contributed by atoms with Gasteiger partial charge in [0.05, 0.1) is 11.0 Å². The Morgan fingerprint density at radius 1 is 0.725 bits per heavy atom. The van der Waals surface area contributed by atoms with Gasteiger partial charge in [-0.3, -0.25) is 19.8 Å². The van der Waals surface area contributed by atoms with E-state index >= 15 is 0 Å². The number of carbonyl (C=O) groups excluding carboxylic acids is 2. The molecule has 0 aliphatic carbocycles. The van der Waals surface area contributed by atoms with Crippen molar-refractivity contribution in [1.29, 1.82) is 0 Å². The number of amides is 2. The molecule has 14 heteroatoms. The molecule has 51 heavy (non-hydrogen) atoms. The molecular formula is C37H36ClF3N6O4. The third-order valence-electron chi connectivity index (χ3n) is 7.50. The minimum Gasteiger partial charge on any atom is -0.475 e. The van der Waals surface area contributed by atoms with Gasteiger partial charge < -0.3 is 15.7 Å². The molecule has 10 nitrogen and oxygen atoms in total. The fourth-order valence-electron chi connectivity index (χ4n) is 4.83. The summed E-state index contributed by atoms with van der Waals surface area (Å²) in [6.45, 7) is 4.14. The van der Waals surface area contributed by atoms with Gasteiger partial charge in [0.2, 0.25) is 11.8 Å². The quantitative estimate of drug-likeness (QED) is 0.101. The molecule has 0 aliphatic heterocycles. The van der Waals surface area contributed by atoms with Crippen molar-refractivity contribution in [1.82, 2.24) is 20.4 Å². The molecule has 6 rings (SSSR count). The first kappa shape index (κ1) is 38.1. The highest BCUT2D eigenvalue weighted by Crippen LogP contribution is 2.28. The summed E-state index contributed by atoms with van der Waals surface area (Å²) in [6, 6.07) is 30.1. The van der Waals surface area contributed by atoms with Gasteiger partial charge in [0, 0.05) is 28.6 Å². The van der Waals surface area contributed by atoms with E-state index in [0.717, 1.165) is 45.8 Å². The van der Waals surface area contributed by atoms with Gasteiger partial charge in [-0.25, -0.2) is 4.79 Å². The van der Waals surface area contributed by atoms with Crippen LogP contribution in [0, 0.1) is 0 Å². The lowest BCUT2D eigenvalue weighted by Crippen LogP contribution is -2.21. The van der Waals surface area contributed by atoms with Crippen LogP contribution in [0.2, 0.25) is 5.02 Å². The molecule has 0 aliphatic rings. The number of rotatable bonds is 9. The normalized spacial score (nSPS) is 10.9. The number of H-pyrrole nitrogens is 2. The van der Waals surface area contributed by atoms with Crippen LogP contribution in [-0.4, -0.2) is 49.5 Å². The van der Waals surface area contributed by atoms with E-state index in [1.165, 1.54) is 11.1 Å². The van der Waals surface area contributed by atoms with Crippen LogP contribution in [0.3, 0.4) is 0 Å². The lowest BCUT2D eigenvalue weighted by Gasteiger charge is -2.04. The second-order valence-corrected chi connectivity index (χ2v) is 11.7. The van der Waals surface area contributed by atoms with Gasteiger partial charge in [0.1, 0.15) is 0 Å². The van der Waals surface area contributed by atoms with Crippen molar-refractivity contribution in [2.45, 2.75) is 52.1 Å². The van der Waals surface area contributed by atoms with Crippen LogP contribution in [0.1, 0.15) is 44.2 Å². The van der Waals surface area contributed by atoms with Crippen LogP contribution in [0.25, 0.3) is 32.9 Å². The van der Waals surface area contributed by atoms with Gasteiger partial charge in [-0.2, -0.15) is 23.4 Å². The number of hydrogen-bond donors (Lipinski definition) is 5. The number of benzene rings is 4. The largest absolute Gasteiger partial charge is 0.490 e. The van der Waals surface area contributed by atoms with Crippen molar-refractivity contribution in [3.05, 3.63) is 107 Å². The van der Waals surface area contributed by atoms with Crippen molar-refractivity contribution in [3.8, 4) is 11.1 Å². The minimum absolute atomic E-state index is 0.000121. The van der Waals surface area contributed by atoms with Crippen molar-refractivity contribution >= 4 is 62.8 Å². The zero-order valence-corrected chi connectivity index (χ0v) is 28.5. The number of aromatic amines is 2. The van der Waals surface area contributed by atoms with Crippen LogP contribution in [-0.2, 0) is 27.2 Å². The molecule has 0 radical (unpaired) electrons. The highest BCUT2D eigenvalue weighted by molar-refractivity contribution is 6.31. The first-order valence-electron chi connectivity index (χ1n) is 16.0. The Morgan fingerprint density at radius 2 is 1.25 bits per heavy atom. The molecule has 2 heterocycles. The predicted molar refractivity (Wildman–Crippen MR) is 193 cm³/mol. The van der Waals surface area contributed by atoms with Gasteiger partial charge in [0.15, 0.2) is 11.6 Å². The number of halogens is 4. The zero-order valence-electron chi connectivity index (χ0n) is 27.8. The molecule has 0 atom stereocenters. The molecule has 4 aromatic carbocycles. The topological polar surface area (TPSA) is 153 Å². The molecule has 6 aromatic rings. The monoisotopic (exact) mass is 720 g/mol. The third-order valence-corrected chi connectivity index (χ3v) is 7.74. The Hall–Kier alpha value is -5.69. The van der Waals surface area contributed by atoms with E-state index in [4.69, 9.17) is 21.5 Å². The highest BCUT2D eigenvalue weighted by Gasteiger charge is 2.38. The summed E-state index contributed by atoms with van der Waals surface area (Å²) < 4.78 is 31.7. The molecule has 0 unspecified atom stereocenters. The molecule has 0 saturated heterocycles. The molecule has 0 bridgehead atoms. The average Bonchev–Trinajstić information content (AvgIpc) is 3.70. The van der Waals surface area contributed by atoms with E-state index in [1.807, 2.05) is 49.4 Å². The van der Waals surface area contributed by atoms with Crippen molar-refractivity contribution < 1.29 is 32.7 Å². The van der Waals surface area contributed by atoms with Crippen LogP contribution in [0.5, 0.6) is 0 Å². The summed E-state index contributed by atoms with van der Waals surface area (Å²) in [4.78, 5) is 32.6. The number of carbonyl (C=O) groups is 3. The molecule has 0 fully saturated rings. The van der Waals surface area contributed by atoms with E-state index in [2.05, 4.69) is 74.4 Å². The summed E-state index contributed by atoms with van der Waals surface area (Å²) in [5.41, 5.74) is 6.52. The number of alkyl halides is 3. The Kier molecular flexibility index (Phi) is 13.3. The molecule has 2 aromatic heterocycles. The van der Waals surface area contributed by atoms with Crippen LogP contribution < -0.4 is 10.6 Å². The fraction of sp³-hybridized carbons (Fsp3) is 0.216. The second-order valence-electron chi connectivity index (χ2n) is 11.3. The van der Waals surface area contributed by atoms with Gasteiger partial charge in [-0.05, 0) is 71.8 Å². The number of anilines is 2. The molecule has 0 saturated carbocycles. The van der Waals surface area contributed by atoms with Crippen molar-refractivity contribution in [3.63, 3.8) is 0 Å². The lowest BCUT2D eigenvalue weighted by molar-refractivity contribution is -0.192. The SMILES string of the molecule is CCCC(=O)Nc1n[nH]c2cc(-c3ccc(CC)cc3)ccc12.O=C(CCc1ccccc1)Nc1n[nH]c2cc(Cl)ccc12.O=C(O)C(F)(F)F. The molecule has 5 N–H and O–H groups in total. The minimum atomic E-state index is -5.08. The average molecular weight is 721 g/mol.